The quantitative estimate of drug-likeness (QED) is 0.804. The normalized spacial score (nSPS) is 16.3. The van der Waals surface area contributed by atoms with Gasteiger partial charge in [0.1, 0.15) is 0 Å². The monoisotopic (exact) mass is 346 g/mol. The molecule has 3 rings (SSSR count). The molecule has 24 heavy (non-hydrogen) atoms. The van der Waals surface area contributed by atoms with E-state index in [0.717, 1.165) is 49.0 Å². The van der Waals surface area contributed by atoms with Crippen molar-refractivity contribution in [3.8, 4) is 0 Å². The number of fused-ring (bicyclic) bond motifs is 1. The van der Waals surface area contributed by atoms with Gasteiger partial charge in [-0.2, -0.15) is 0 Å². The highest BCUT2D eigenvalue weighted by molar-refractivity contribution is 7.18. The molecular weight excluding hydrogens is 324 g/mol. The fourth-order valence-electron chi connectivity index (χ4n) is 3.47. The summed E-state index contributed by atoms with van der Waals surface area (Å²) in [4.78, 5) is 27.9. The summed E-state index contributed by atoms with van der Waals surface area (Å²) < 4.78 is 1.17. The van der Waals surface area contributed by atoms with Crippen LogP contribution >= 0.6 is 11.3 Å². The number of thiazole rings is 1. The molecule has 1 amide bonds. The van der Waals surface area contributed by atoms with Gasteiger partial charge in [-0.15, -0.1) is 11.3 Å². The summed E-state index contributed by atoms with van der Waals surface area (Å²) in [6, 6.07) is 8.03. The van der Waals surface area contributed by atoms with E-state index >= 15 is 0 Å². The van der Waals surface area contributed by atoms with Crippen LogP contribution in [0.2, 0.25) is 0 Å². The van der Waals surface area contributed by atoms with Gasteiger partial charge in [-0.1, -0.05) is 25.0 Å². The second-order valence-electron chi connectivity index (χ2n) is 6.54. The third-order valence-corrected chi connectivity index (χ3v) is 5.68. The summed E-state index contributed by atoms with van der Waals surface area (Å²) in [6.45, 7) is 0. The number of carbonyl (C=O) groups excluding carboxylic acids is 1. The van der Waals surface area contributed by atoms with E-state index in [1.807, 2.05) is 18.2 Å². The van der Waals surface area contributed by atoms with Crippen LogP contribution in [-0.4, -0.2) is 27.5 Å². The van der Waals surface area contributed by atoms with Crippen molar-refractivity contribution >= 4 is 33.4 Å². The molecular formula is C18H22N2O3S. The van der Waals surface area contributed by atoms with Gasteiger partial charge in [-0.25, -0.2) is 4.98 Å². The molecule has 5 nitrogen and oxygen atoms in total. The van der Waals surface area contributed by atoms with E-state index in [4.69, 9.17) is 5.11 Å². The molecule has 2 aromatic rings. The first-order valence-electron chi connectivity index (χ1n) is 8.44. The van der Waals surface area contributed by atoms with E-state index in [0.29, 0.717) is 6.42 Å². The summed E-state index contributed by atoms with van der Waals surface area (Å²) >= 11 is 1.67. The van der Waals surface area contributed by atoms with Crippen molar-refractivity contribution < 1.29 is 14.7 Å². The summed E-state index contributed by atoms with van der Waals surface area (Å²) in [6.07, 6.45) is 5.45. The molecule has 1 heterocycles. The van der Waals surface area contributed by atoms with Crippen molar-refractivity contribution in [1.82, 2.24) is 10.3 Å². The first kappa shape index (κ1) is 16.9. The topological polar surface area (TPSA) is 79.3 Å². The second kappa shape index (κ2) is 7.30. The minimum Gasteiger partial charge on any atom is -0.481 e. The van der Waals surface area contributed by atoms with Crippen molar-refractivity contribution in [3.63, 3.8) is 0 Å². The van der Waals surface area contributed by atoms with E-state index in [-0.39, 0.29) is 12.3 Å². The number of hydrogen-bond acceptors (Lipinski definition) is 4. The van der Waals surface area contributed by atoms with E-state index in [1.54, 1.807) is 11.3 Å². The Hall–Kier alpha value is -1.95. The summed E-state index contributed by atoms with van der Waals surface area (Å²) in [5, 5.41) is 13.1. The van der Waals surface area contributed by atoms with Gasteiger partial charge in [-0.05, 0) is 37.8 Å². The number of carboxylic acids is 1. The fraction of sp³-hybridized carbons (Fsp3) is 0.500. The largest absolute Gasteiger partial charge is 0.481 e. The van der Waals surface area contributed by atoms with Crippen molar-refractivity contribution in [1.29, 1.82) is 0 Å². The summed E-state index contributed by atoms with van der Waals surface area (Å²) in [5.74, 6) is -0.883. The zero-order valence-corrected chi connectivity index (χ0v) is 14.4. The van der Waals surface area contributed by atoms with Gasteiger partial charge in [0.05, 0.1) is 27.2 Å². The minimum atomic E-state index is -0.841. The highest BCUT2D eigenvalue weighted by Gasteiger charge is 2.37. The van der Waals surface area contributed by atoms with Crippen LogP contribution in [0.5, 0.6) is 0 Å². The van der Waals surface area contributed by atoms with E-state index in [2.05, 4.69) is 16.4 Å². The molecule has 0 saturated heterocycles. The Morgan fingerprint density at radius 2 is 2.00 bits per heavy atom. The van der Waals surface area contributed by atoms with Crippen molar-refractivity contribution in [2.45, 2.75) is 56.9 Å². The molecule has 0 aliphatic heterocycles. The molecule has 1 aromatic carbocycles. The van der Waals surface area contributed by atoms with Crippen LogP contribution in [0.3, 0.4) is 0 Å². The lowest BCUT2D eigenvalue weighted by Crippen LogP contribution is -2.47. The molecule has 6 heteroatoms. The van der Waals surface area contributed by atoms with Gasteiger partial charge in [0.2, 0.25) is 5.91 Å². The van der Waals surface area contributed by atoms with Gasteiger partial charge in [0, 0.05) is 6.42 Å². The first-order valence-corrected chi connectivity index (χ1v) is 9.25. The molecule has 1 aliphatic rings. The van der Waals surface area contributed by atoms with Crippen LogP contribution in [0.4, 0.5) is 0 Å². The highest BCUT2D eigenvalue weighted by atomic mass is 32.1. The number of amides is 1. The Kier molecular flexibility index (Phi) is 5.14. The molecule has 1 fully saturated rings. The predicted molar refractivity (Wildman–Crippen MR) is 94.2 cm³/mol. The number of rotatable bonds is 7. The zero-order valence-electron chi connectivity index (χ0n) is 13.6. The summed E-state index contributed by atoms with van der Waals surface area (Å²) in [7, 11) is 0. The van der Waals surface area contributed by atoms with Crippen LogP contribution < -0.4 is 5.32 Å². The van der Waals surface area contributed by atoms with Crippen molar-refractivity contribution in [3.05, 3.63) is 29.3 Å². The number of aromatic nitrogens is 1. The van der Waals surface area contributed by atoms with E-state index in [1.165, 1.54) is 4.70 Å². The van der Waals surface area contributed by atoms with Gasteiger partial charge >= 0.3 is 5.97 Å². The Morgan fingerprint density at radius 1 is 1.25 bits per heavy atom. The molecule has 1 saturated carbocycles. The SMILES string of the molecule is O=C(O)CC1(NC(=O)CCCc2nc3ccccc3s2)CCCC1. The van der Waals surface area contributed by atoms with Crippen LogP contribution in [0.1, 0.15) is 50.0 Å². The number of carbonyl (C=O) groups is 2. The lowest BCUT2D eigenvalue weighted by molar-refractivity contribution is -0.139. The Labute approximate surface area is 145 Å². The number of benzene rings is 1. The molecule has 1 aromatic heterocycles. The average Bonchev–Trinajstić information content (AvgIpc) is 3.13. The lowest BCUT2D eigenvalue weighted by atomic mass is 9.93. The first-order chi connectivity index (χ1) is 11.6. The third kappa shape index (κ3) is 4.12. The molecule has 0 spiro atoms. The average molecular weight is 346 g/mol. The maximum Gasteiger partial charge on any atom is 0.305 e. The fourth-order valence-corrected chi connectivity index (χ4v) is 4.48. The molecule has 0 bridgehead atoms. The van der Waals surface area contributed by atoms with Gasteiger partial charge in [-0.3, -0.25) is 9.59 Å². The number of carboxylic acid groups (broad SMARTS) is 1. The number of nitrogens with one attached hydrogen (secondary N) is 1. The van der Waals surface area contributed by atoms with Crippen LogP contribution in [0.25, 0.3) is 10.2 Å². The summed E-state index contributed by atoms with van der Waals surface area (Å²) in [5.41, 5.74) is 0.479. The molecule has 0 unspecified atom stereocenters. The van der Waals surface area contributed by atoms with E-state index in [9.17, 15) is 9.59 Å². The van der Waals surface area contributed by atoms with Crippen molar-refractivity contribution in [2.24, 2.45) is 0 Å². The van der Waals surface area contributed by atoms with Gasteiger partial charge in [0.25, 0.3) is 0 Å². The Morgan fingerprint density at radius 3 is 2.71 bits per heavy atom. The van der Waals surface area contributed by atoms with Crippen LogP contribution in [0, 0.1) is 0 Å². The van der Waals surface area contributed by atoms with Crippen LogP contribution in [-0.2, 0) is 16.0 Å². The number of nitrogens with zero attached hydrogens (tertiary/aromatic N) is 1. The van der Waals surface area contributed by atoms with E-state index < -0.39 is 11.5 Å². The number of para-hydroxylation sites is 1. The Bertz CT molecular complexity index is 702. The minimum absolute atomic E-state index is 0.0244. The Balaban J connectivity index is 1.50. The zero-order chi connectivity index (χ0) is 17.0. The number of hydrogen-bond donors (Lipinski definition) is 2. The maximum atomic E-state index is 12.2. The maximum absolute atomic E-state index is 12.2. The third-order valence-electron chi connectivity index (χ3n) is 4.59. The smallest absolute Gasteiger partial charge is 0.305 e. The van der Waals surface area contributed by atoms with Crippen molar-refractivity contribution in [2.75, 3.05) is 0 Å². The highest BCUT2D eigenvalue weighted by Crippen LogP contribution is 2.32. The molecule has 2 N–H and O–H groups in total. The molecule has 128 valence electrons. The second-order valence-corrected chi connectivity index (χ2v) is 7.65. The lowest BCUT2D eigenvalue weighted by Gasteiger charge is -2.28. The van der Waals surface area contributed by atoms with Crippen LogP contribution in [0.15, 0.2) is 24.3 Å². The standard InChI is InChI=1S/C18H22N2O3S/c21-15(20-18(12-17(22)23)10-3-4-11-18)8-5-9-16-19-13-6-1-2-7-14(13)24-16/h1-2,6-7H,3-5,8-12H2,(H,20,21)(H,22,23). The van der Waals surface area contributed by atoms with Gasteiger partial charge < -0.3 is 10.4 Å². The number of aryl methyl sites for hydroxylation is 1. The molecule has 0 atom stereocenters. The molecule has 0 radical (unpaired) electrons. The molecule has 1 aliphatic carbocycles. The van der Waals surface area contributed by atoms with Gasteiger partial charge in [0.15, 0.2) is 0 Å². The predicted octanol–water partition coefficient (Wildman–Crippen LogP) is 3.52. The number of aliphatic carboxylic acids is 1.